The zero-order valence-corrected chi connectivity index (χ0v) is 22.4. The first kappa shape index (κ1) is 27.8. The van der Waals surface area contributed by atoms with E-state index in [1.165, 1.54) is 25.8 Å². The molecule has 0 radical (unpaired) electrons. The van der Waals surface area contributed by atoms with Crippen LogP contribution < -0.4 is 0 Å². The molecule has 0 aliphatic rings. The van der Waals surface area contributed by atoms with E-state index >= 15 is 0 Å². The van der Waals surface area contributed by atoms with E-state index in [1.54, 1.807) is 24.3 Å². The third kappa shape index (κ3) is 6.39. The maximum atomic E-state index is 10.0. The van der Waals surface area contributed by atoms with Crippen LogP contribution >= 0.6 is 0 Å². The van der Waals surface area contributed by atoms with Gasteiger partial charge in [-0.3, -0.25) is 0 Å². The molecule has 0 bridgehead atoms. The first-order valence-electron chi connectivity index (χ1n) is 9.51. The molecule has 0 saturated carbocycles. The quantitative estimate of drug-likeness (QED) is 0.285. The molecule has 0 amide bonds. The molecular weight excluding hydrogens is 565 g/mol. The molecule has 0 aliphatic carbocycles. The van der Waals surface area contributed by atoms with E-state index in [-0.39, 0.29) is 37.9 Å². The second kappa shape index (κ2) is 13.2. The second-order valence-corrected chi connectivity index (χ2v) is 6.54. The Morgan fingerprint density at radius 3 is 1.00 bits per heavy atom. The Balaban J connectivity index is 0.00000184. The normalized spacial score (nSPS) is 10.5. The molecule has 6 nitrogen and oxygen atoms in total. The van der Waals surface area contributed by atoms with Gasteiger partial charge in [0.25, 0.3) is 0 Å². The Hall–Kier alpha value is -1.20. The molecule has 29 heavy (non-hydrogen) atoms. The third-order valence-corrected chi connectivity index (χ3v) is 4.66. The number of hydrogen-bond donors (Lipinski definition) is 6. The molecule has 0 atom stereocenters. The monoisotopic (exact) mass is 598 g/mol. The third-order valence-electron chi connectivity index (χ3n) is 4.66. The summed E-state index contributed by atoms with van der Waals surface area (Å²) in [5, 5.41) is 57.9. The van der Waals surface area contributed by atoms with Crippen molar-refractivity contribution in [3.63, 3.8) is 0 Å². The van der Waals surface area contributed by atoms with Crippen LogP contribution in [0.5, 0.6) is 11.5 Å². The molecule has 2 rings (SSSR count). The molecule has 0 unspecified atom stereocenters. The van der Waals surface area contributed by atoms with Gasteiger partial charge in [-0.05, 0) is 35.4 Å². The van der Waals surface area contributed by atoms with Crippen molar-refractivity contribution < 1.29 is 30.6 Å². The van der Waals surface area contributed by atoms with Gasteiger partial charge in [0, 0.05) is 27.7 Å². The van der Waals surface area contributed by atoms with Gasteiger partial charge in [-0.25, -0.2) is 0 Å². The van der Waals surface area contributed by atoms with Crippen molar-refractivity contribution in [1.29, 1.82) is 0 Å². The zero-order chi connectivity index (χ0) is 22.8. The average Bonchev–Trinajstić information content (AvgIpc) is 2.76. The van der Waals surface area contributed by atoms with E-state index in [0.29, 0.717) is 22.3 Å². The van der Waals surface area contributed by atoms with Crippen LogP contribution in [0.25, 0.3) is 0 Å². The van der Waals surface area contributed by atoms with Crippen LogP contribution in [0.3, 0.4) is 0 Å². The van der Waals surface area contributed by atoms with E-state index in [4.69, 9.17) is 0 Å². The molecule has 0 saturated heterocycles. The minimum atomic E-state index is -0.636. The van der Waals surface area contributed by atoms with Crippen molar-refractivity contribution in [2.45, 2.75) is 64.0 Å². The topological polar surface area (TPSA) is 121 Å². The summed E-state index contributed by atoms with van der Waals surface area (Å²) in [5.41, 5.74) is 2.05. The summed E-state index contributed by atoms with van der Waals surface area (Å²) in [7, 11) is 0. The van der Waals surface area contributed by atoms with E-state index in [0.717, 1.165) is 11.1 Å². The van der Waals surface area contributed by atoms with Gasteiger partial charge in [-0.2, -0.15) is 0 Å². The number of aliphatic hydroxyl groups is 4. The number of hydrogen-bond acceptors (Lipinski definition) is 6. The maximum absolute atomic E-state index is 10.0. The minimum absolute atomic E-state index is 0.137. The van der Waals surface area contributed by atoms with Crippen LogP contribution in [0, 0.1) is 0 Å². The van der Waals surface area contributed by atoms with Gasteiger partial charge in [-0.15, -0.1) is 0 Å². The molecule has 0 heterocycles. The van der Waals surface area contributed by atoms with Crippen molar-refractivity contribution in [2.24, 2.45) is 0 Å². The van der Waals surface area contributed by atoms with Crippen LogP contribution in [0.1, 0.15) is 61.1 Å². The molecular formula is C22H33O6Tl. The summed E-state index contributed by atoms with van der Waals surface area (Å²) < 4.78 is 2.17. The first-order valence-corrected chi connectivity index (χ1v) is 14.0. The number of phenols is 2. The molecule has 2 aromatic rings. The van der Waals surface area contributed by atoms with Gasteiger partial charge in [0.15, 0.2) is 0 Å². The van der Waals surface area contributed by atoms with Crippen LogP contribution in [-0.2, 0) is 31.8 Å². The fourth-order valence-electron chi connectivity index (χ4n) is 2.89. The molecule has 0 aromatic heterocycles. The molecule has 0 spiro atoms. The summed E-state index contributed by atoms with van der Waals surface area (Å²) >= 11 is 1.17. The van der Waals surface area contributed by atoms with Crippen molar-refractivity contribution in [3.05, 3.63) is 57.6 Å². The summed E-state index contributed by atoms with van der Waals surface area (Å²) in [6, 6.07) is 6.61. The van der Waals surface area contributed by atoms with Gasteiger partial charge in [0.2, 0.25) is 0 Å². The fourth-order valence-corrected chi connectivity index (χ4v) is 2.89. The summed E-state index contributed by atoms with van der Waals surface area (Å²) in [5.74, 6) is -0.273. The van der Waals surface area contributed by atoms with E-state index in [2.05, 4.69) is 4.48 Å². The number of aromatic hydroxyl groups is 2. The van der Waals surface area contributed by atoms with E-state index in [9.17, 15) is 30.6 Å². The van der Waals surface area contributed by atoms with Gasteiger partial charge >= 0.3 is 30.3 Å². The van der Waals surface area contributed by atoms with Crippen LogP contribution in [0.15, 0.2) is 24.3 Å². The van der Waals surface area contributed by atoms with Crippen molar-refractivity contribution in [1.82, 2.24) is 0 Å². The second-order valence-electron chi connectivity index (χ2n) is 6.54. The van der Waals surface area contributed by atoms with Crippen molar-refractivity contribution in [3.8, 4) is 11.5 Å². The van der Waals surface area contributed by atoms with Gasteiger partial charge in [-0.1, -0.05) is 27.7 Å². The Morgan fingerprint density at radius 1 is 0.621 bits per heavy atom. The van der Waals surface area contributed by atoms with Crippen LogP contribution in [0.2, 0.25) is 4.48 Å². The van der Waals surface area contributed by atoms with Crippen molar-refractivity contribution in [2.75, 3.05) is 0 Å². The number of rotatable bonds is 6. The average molecular weight is 598 g/mol. The van der Waals surface area contributed by atoms with Gasteiger partial charge < -0.3 is 30.6 Å². The summed E-state index contributed by atoms with van der Waals surface area (Å²) in [6.07, 6.45) is 0. The molecule has 7 heteroatoms. The van der Waals surface area contributed by atoms with Crippen LogP contribution in [0.4, 0.5) is 0 Å². The Morgan fingerprint density at radius 2 is 0.828 bits per heavy atom. The fraction of sp³-hybridized carbons (Fsp3) is 0.455. The molecule has 0 fully saturated rings. The molecule has 160 valence electrons. The van der Waals surface area contributed by atoms with Gasteiger partial charge in [0.1, 0.15) is 11.5 Å². The SMILES string of the molecule is CC.CC(C)(c1cc(CO)c(O)c(CO)c1)c1cc(CO)c(O)c(CO)c1.[CH3][Tl]. The van der Waals surface area contributed by atoms with Crippen LogP contribution in [-0.4, -0.2) is 56.4 Å². The standard InChI is InChI=1S/C19H24O6.C2H6.CH3.Tl/c1-19(2,15-3-11(7-20)17(24)12(4-15)8-21)16-5-13(9-22)18(25)14(6-16)10-23;1-2;;/h3-6,20-25H,7-10H2,1-2H3;1-2H3;1H3;. The number of benzene rings is 2. The Kier molecular flexibility index (Phi) is 12.6. The Labute approximate surface area is 189 Å². The zero-order valence-electron chi connectivity index (χ0n) is 17.9. The predicted octanol–water partition coefficient (Wildman–Crippen LogP) is 2.62. The predicted molar refractivity (Wildman–Crippen MR) is 115 cm³/mol. The van der Waals surface area contributed by atoms with E-state index < -0.39 is 5.41 Å². The van der Waals surface area contributed by atoms with Gasteiger partial charge in [0.05, 0.1) is 26.4 Å². The summed E-state index contributed by atoms with van der Waals surface area (Å²) in [4.78, 5) is 0. The number of aliphatic hydroxyl groups excluding tert-OH is 4. The van der Waals surface area contributed by atoms with Crippen molar-refractivity contribution >= 4 is 25.8 Å². The molecule has 2 aromatic carbocycles. The van der Waals surface area contributed by atoms with E-state index in [1.807, 2.05) is 27.7 Å². The summed E-state index contributed by atoms with van der Waals surface area (Å²) in [6.45, 7) is 6.31. The molecule has 6 N–H and O–H groups in total. The Bertz CT molecular complexity index is 660. The first-order chi connectivity index (χ1) is 13.8. The molecule has 0 aliphatic heterocycles.